The van der Waals surface area contributed by atoms with E-state index in [9.17, 15) is 13.6 Å². The quantitative estimate of drug-likeness (QED) is 0.806. The van der Waals surface area contributed by atoms with Gasteiger partial charge in [0.1, 0.15) is 0 Å². The number of carbonyl (C=O) groups excluding carboxylic acids is 1. The maximum atomic E-state index is 12.3. The van der Waals surface area contributed by atoms with E-state index in [2.05, 4.69) is 5.32 Å². The van der Waals surface area contributed by atoms with Crippen molar-refractivity contribution < 1.29 is 18.7 Å². The van der Waals surface area contributed by atoms with Crippen molar-refractivity contribution in [3.05, 3.63) is 29.3 Å². The Balaban J connectivity index is 2.49. The second kappa shape index (κ2) is 8.04. The Morgan fingerprint density at radius 1 is 1.37 bits per heavy atom. The number of hydrogen-bond acceptors (Lipinski definition) is 3. The number of nitrogens with zero attached hydrogens (tertiary/aromatic N) is 1. The van der Waals surface area contributed by atoms with E-state index in [4.69, 9.17) is 16.7 Å². The Kier molecular flexibility index (Phi) is 6.69. The van der Waals surface area contributed by atoms with Gasteiger partial charge in [-0.25, -0.2) is 8.78 Å². The zero-order valence-corrected chi connectivity index (χ0v) is 10.9. The van der Waals surface area contributed by atoms with Crippen LogP contribution in [0.2, 0.25) is 5.02 Å². The van der Waals surface area contributed by atoms with Crippen molar-refractivity contribution in [1.29, 1.82) is 0 Å². The van der Waals surface area contributed by atoms with Crippen LogP contribution in [0.4, 0.5) is 14.5 Å². The van der Waals surface area contributed by atoms with E-state index < -0.39 is 18.9 Å². The van der Waals surface area contributed by atoms with Gasteiger partial charge in [0.05, 0.1) is 19.7 Å². The highest BCUT2D eigenvalue weighted by Crippen LogP contribution is 2.13. The molecule has 0 spiro atoms. The number of anilines is 1. The molecule has 0 bridgehead atoms. The summed E-state index contributed by atoms with van der Waals surface area (Å²) in [6, 6.07) is 6.46. The van der Waals surface area contributed by atoms with Crippen molar-refractivity contribution in [3.63, 3.8) is 0 Å². The van der Waals surface area contributed by atoms with Crippen LogP contribution in [0, 0.1) is 0 Å². The van der Waals surface area contributed by atoms with E-state index in [1.54, 1.807) is 24.3 Å². The summed E-state index contributed by atoms with van der Waals surface area (Å²) in [7, 11) is 0. The Morgan fingerprint density at radius 2 is 2.00 bits per heavy atom. The monoisotopic (exact) mass is 292 g/mol. The number of carbonyl (C=O) groups is 1. The van der Waals surface area contributed by atoms with Gasteiger partial charge < -0.3 is 10.4 Å². The molecule has 0 saturated carbocycles. The molecule has 4 nitrogen and oxygen atoms in total. The summed E-state index contributed by atoms with van der Waals surface area (Å²) in [4.78, 5) is 12.8. The van der Waals surface area contributed by atoms with E-state index >= 15 is 0 Å². The SMILES string of the molecule is O=C(CN(CCO)CC(F)F)Nc1ccc(Cl)cc1. The molecule has 1 aromatic rings. The van der Waals surface area contributed by atoms with Crippen molar-refractivity contribution in [2.45, 2.75) is 6.43 Å². The molecule has 0 saturated heterocycles. The lowest BCUT2D eigenvalue weighted by Crippen LogP contribution is -2.38. The van der Waals surface area contributed by atoms with Crippen molar-refractivity contribution in [3.8, 4) is 0 Å². The van der Waals surface area contributed by atoms with Gasteiger partial charge in [0.25, 0.3) is 6.43 Å². The van der Waals surface area contributed by atoms with E-state index in [1.165, 1.54) is 4.90 Å². The number of rotatable bonds is 7. The van der Waals surface area contributed by atoms with Crippen LogP contribution >= 0.6 is 11.6 Å². The molecule has 0 unspecified atom stereocenters. The predicted octanol–water partition coefficient (Wildman–Crippen LogP) is 1.84. The fraction of sp³-hybridized carbons (Fsp3) is 0.417. The van der Waals surface area contributed by atoms with Crippen LogP contribution in [-0.2, 0) is 4.79 Å². The molecule has 0 radical (unpaired) electrons. The summed E-state index contributed by atoms with van der Waals surface area (Å²) >= 11 is 5.70. The first-order chi connectivity index (χ1) is 9.01. The highest BCUT2D eigenvalue weighted by molar-refractivity contribution is 6.30. The van der Waals surface area contributed by atoms with Gasteiger partial charge in [-0.05, 0) is 24.3 Å². The maximum absolute atomic E-state index is 12.3. The molecule has 0 aliphatic carbocycles. The minimum absolute atomic E-state index is 0.0262. The van der Waals surface area contributed by atoms with Crippen molar-refractivity contribution in [2.75, 3.05) is 31.6 Å². The summed E-state index contributed by atoms with van der Waals surface area (Å²) in [6.07, 6.45) is -2.55. The zero-order chi connectivity index (χ0) is 14.3. The number of aliphatic hydroxyl groups excluding tert-OH is 1. The molecule has 1 aromatic carbocycles. The van der Waals surface area contributed by atoms with Crippen molar-refractivity contribution in [2.24, 2.45) is 0 Å². The lowest BCUT2D eigenvalue weighted by molar-refractivity contribution is -0.117. The zero-order valence-electron chi connectivity index (χ0n) is 10.2. The average Bonchev–Trinajstić information content (AvgIpc) is 2.31. The van der Waals surface area contributed by atoms with Gasteiger partial charge in [0.15, 0.2) is 0 Å². The molecule has 19 heavy (non-hydrogen) atoms. The summed E-state index contributed by atoms with van der Waals surface area (Å²) in [5.74, 6) is -0.420. The molecule has 0 aromatic heterocycles. The summed E-state index contributed by atoms with van der Waals surface area (Å²) in [5, 5.41) is 11.9. The lowest BCUT2D eigenvalue weighted by Gasteiger charge is -2.20. The minimum atomic E-state index is -2.55. The third-order valence-corrected chi connectivity index (χ3v) is 2.56. The predicted molar refractivity (Wildman–Crippen MR) is 69.6 cm³/mol. The number of amides is 1. The molecule has 0 aliphatic rings. The molecule has 2 N–H and O–H groups in total. The largest absolute Gasteiger partial charge is 0.395 e. The molecule has 7 heteroatoms. The van der Waals surface area contributed by atoms with Gasteiger partial charge in [-0.1, -0.05) is 11.6 Å². The van der Waals surface area contributed by atoms with Crippen molar-refractivity contribution >= 4 is 23.2 Å². The molecule has 0 heterocycles. The average molecular weight is 293 g/mol. The third-order valence-electron chi connectivity index (χ3n) is 2.31. The topological polar surface area (TPSA) is 52.6 Å². The van der Waals surface area contributed by atoms with Crippen LogP contribution in [0.3, 0.4) is 0 Å². The van der Waals surface area contributed by atoms with Crippen LogP contribution in [0.5, 0.6) is 0 Å². The molecular formula is C12H15ClF2N2O2. The van der Waals surface area contributed by atoms with Crippen LogP contribution in [0.25, 0.3) is 0 Å². The second-order valence-electron chi connectivity index (χ2n) is 3.90. The fourth-order valence-corrected chi connectivity index (χ4v) is 1.63. The molecule has 0 atom stereocenters. The van der Waals surface area contributed by atoms with Crippen LogP contribution < -0.4 is 5.32 Å². The van der Waals surface area contributed by atoms with E-state index in [0.717, 1.165) is 0 Å². The van der Waals surface area contributed by atoms with E-state index in [-0.39, 0.29) is 19.7 Å². The first kappa shape index (κ1) is 15.8. The van der Waals surface area contributed by atoms with Crippen molar-refractivity contribution in [1.82, 2.24) is 4.90 Å². The molecule has 106 valence electrons. The smallest absolute Gasteiger partial charge is 0.251 e. The van der Waals surface area contributed by atoms with Crippen LogP contribution in [0.1, 0.15) is 0 Å². The number of aliphatic hydroxyl groups is 1. The molecule has 0 fully saturated rings. The van der Waals surface area contributed by atoms with Crippen LogP contribution in [0.15, 0.2) is 24.3 Å². The normalized spacial score (nSPS) is 11.1. The van der Waals surface area contributed by atoms with Gasteiger partial charge in [0, 0.05) is 17.3 Å². The molecule has 0 aliphatic heterocycles. The lowest BCUT2D eigenvalue weighted by atomic mass is 10.3. The fourth-order valence-electron chi connectivity index (χ4n) is 1.51. The second-order valence-corrected chi connectivity index (χ2v) is 4.34. The maximum Gasteiger partial charge on any atom is 0.251 e. The van der Waals surface area contributed by atoms with Gasteiger partial charge in [-0.3, -0.25) is 9.69 Å². The highest BCUT2D eigenvalue weighted by atomic mass is 35.5. The highest BCUT2D eigenvalue weighted by Gasteiger charge is 2.15. The first-order valence-electron chi connectivity index (χ1n) is 5.68. The number of benzene rings is 1. The standard InChI is InChI=1S/C12H15ClF2N2O2/c13-9-1-3-10(4-2-9)16-12(19)8-17(5-6-18)7-11(14)15/h1-4,11,18H,5-8H2,(H,16,19). The Hall–Kier alpha value is -1.24. The van der Waals surface area contributed by atoms with E-state index in [0.29, 0.717) is 10.7 Å². The van der Waals surface area contributed by atoms with E-state index in [1.807, 2.05) is 0 Å². The number of hydrogen-bond donors (Lipinski definition) is 2. The number of halogens is 3. The first-order valence-corrected chi connectivity index (χ1v) is 6.06. The Labute approximate surface area is 115 Å². The summed E-state index contributed by atoms with van der Waals surface area (Å²) in [5.41, 5.74) is 0.537. The molecule has 1 rings (SSSR count). The summed E-state index contributed by atoms with van der Waals surface area (Å²) in [6.45, 7) is -0.999. The number of alkyl halides is 2. The molecular weight excluding hydrogens is 278 g/mol. The Morgan fingerprint density at radius 3 is 2.53 bits per heavy atom. The Bertz CT molecular complexity index is 401. The van der Waals surface area contributed by atoms with Gasteiger partial charge in [-0.15, -0.1) is 0 Å². The van der Waals surface area contributed by atoms with Gasteiger partial charge in [0.2, 0.25) is 5.91 Å². The third kappa shape index (κ3) is 6.47. The summed E-state index contributed by atoms with van der Waals surface area (Å²) < 4.78 is 24.5. The molecule has 1 amide bonds. The van der Waals surface area contributed by atoms with Crippen LogP contribution in [-0.4, -0.2) is 48.6 Å². The van der Waals surface area contributed by atoms with Gasteiger partial charge in [-0.2, -0.15) is 0 Å². The number of nitrogens with one attached hydrogen (secondary N) is 1. The van der Waals surface area contributed by atoms with Gasteiger partial charge >= 0.3 is 0 Å². The minimum Gasteiger partial charge on any atom is -0.395 e.